The van der Waals surface area contributed by atoms with Crippen molar-refractivity contribution in [3.8, 4) is 0 Å². The first-order valence-electron chi connectivity index (χ1n) is 5.65. The van der Waals surface area contributed by atoms with Gasteiger partial charge in [-0.05, 0) is 25.7 Å². The largest absolute Gasteiger partial charge is 2.00 e. The molecule has 0 aromatic carbocycles. The molecule has 1 aliphatic carbocycles. The fourth-order valence-electron chi connectivity index (χ4n) is 2.01. The third kappa shape index (κ3) is 7.92. The van der Waals surface area contributed by atoms with Gasteiger partial charge in [-0.1, -0.05) is 0 Å². The van der Waals surface area contributed by atoms with Crippen molar-refractivity contribution in [2.75, 3.05) is 0 Å². The van der Waals surface area contributed by atoms with E-state index in [-0.39, 0.29) is 42.3 Å². The molecule has 2 unspecified atom stereocenters. The zero-order chi connectivity index (χ0) is 13.3. The number of carbonyl (C=O) groups excluding carboxylic acids is 2. The number of nitrogens with two attached hydrogens (primary N) is 1. The molecule has 0 bridgehead atoms. The number of ketones is 1. The van der Waals surface area contributed by atoms with E-state index in [1.807, 2.05) is 0 Å². The number of carboxylic acids is 1. The van der Waals surface area contributed by atoms with Gasteiger partial charge in [0.15, 0.2) is 0 Å². The molecule has 0 saturated heterocycles. The second kappa shape index (κ2) is 14.9. The Kier molecular flexibility index (Phi) is 20.6. The van der Waals surface area contributed by atoms with E-state index in [2.05, 4.69) is 13.5 Å². The van der Waals surface area contributed by atoms with Crippen molar-refractivity contribution >= 4 is 27.9 Å². The number of aliphatic carboxylic acids is 1. The molecule has 0 aliphatic heterocycles. The number of carboxylic acid groups (broad SMARTS) is 1. The van der Waals surface area contributed by atoms with Crippen LogP contribution in [0.25, 0.3) is 6.15 Å². The van der Waals surface area contributed by atoms with Gasteiger partial charge >= 0.3 is 26.4 Å². The Balaban J connectivity index is -0.000000196. The predicted octanol–water partition coefficient (Wildman–Crippen LogP) is 2.96. The van der Waals surface area contributed by atoms with Gasteiger partial charge in [0.25, 0.3) is 0 Å². The van der Waals surface area contributed by atoms with Crippen molar-refractivity contribution in [1.82, 2.24) is 0 Å². The maximum Gasteiger partial charge on any atom is 2.00 e. The quantitative estimate of drug-likeness (QED) is 0.193. The van der Waals surface area contributed by atoms with Crippen LogP contribution in [-0.2, 0) is 34.8 Å². The molecule has 0 spiro atoms. The first-order chi connectivity index (χ1) is 8.05. The van der Waals surface area contributed by atoms with Gasteiger partial charge in [-0.15, -0.1) is 0 Å². The molecule has 0 amide bonds. The first-order valence-corrected chi connectivity index (χ1v) is 5.65. The van der Waals surface area contributed by atoms with Crippen molar-refractivity contribution < 1.29 is 39.9 Å². The molecular weight excluding hydrogens is 372 g/mol. The summed E-state index contributed by atoms with van der Waals surface area (Å²) < 4.78 is 0. The van der Waals surface area contributed by atoms with E-state index in [1.54, 1.807) is 0 Å². The van der Waals surface area contributed by atoms with Gasteiger partial charge in [0.1, 0.15) is 17.5 Å². The summed E-state index contributed by atoms with van der Waals surface area (Å²) in [6.45, 7) is 6.50. The minimum absolute atomic E-state index is 0. The molecule has 0 heterocycles. The van der Waals surface area contributed by atoms with Crippen LogP contribution in [0.3, 0.4) is 0 Å². The minimum atomic E-state index is -1.18. The third-order valence-corrected chi connectivity index (χ3v) is 2.88. The van der Waals surface area contributed by atoms with Gasteiger partial charge in [-0.3, -0.25) is 9.59 Å². The van der Waals surface area contributed by atoms with Crippen LogP contribution in [0.15, 0.2) is 12.7 Å². The van der Waals surface area contributed by atoms with Crippen LogP contribution in [0.4, 0.5) is 0 Å². The molecule has 5 nitrogen and oxygen atoms in total. The Labute approximate surface area is 137 Å². The third-order valence-electron chi connectivity index (χ3n) is 2.88. The number of rotatable bonds is 5. The van der Waals surface area contributed by atoms with Crippen LogP contribution in [0.2, 0.25) is 0 Å². The number of unbranched alkanes of at least 4 members (excludes halogenated alkanes) is 1. The van der Waals surface area contributed by atoms with E-state index in [0.29, 0.717) is 38.5 Å². The zero-order valence-corrected chi connectivity index (χ0v) is 14.6. The molecule has 120 valence electrons. The van der Waals surface area contributed by atoms with Crippen LogP contribution >= 0.6 is 9.90 Å². The van der Waals surface area contributed by atoms with E-state index >= 15 is 0 Å². The molecule has 1 fully saturated rings. The molecule has 3 N–H and O–H groups in total. The monoisotopic (exact) mass is 395 g/mol. The number of aldehydes is 1. The molecule has 0 aromatic heterocycles. The summed E-state index contributed by atoms with van der Waals surface area (Å²) in [6.07, 6.45) is 4.85. The number of hydrogen-bond acceptors (Lipinski definition) is 3. The average molecular weight is 396 g/mol. The SMILES string of the molecule is C=C[CH2-].O=CCCCC1(C(=O)O)CCCC1=O.P.[NH2-].[Pd+2]. The van der Waals surface area contributed by atoms with Gasteiger partial charge in [0, 0.05) is 12.8 Å². The van der Waals surface area contributed by atoms with Crippen LogP contribution in [0, 0.1) is 12.3 Å². The molecule has 0 aromatic rings. The fraction of sp³-hybridized carbons (Fsp3) is 0.538. The Morgan fingerprint density at radius 1 is 1.50 bits per heavy atom. The van der Waals surface area contributed by atoms with Gasteiger partial charge in [-0.25, -0.2) is 19.6 Å². The molecule has 0 radical (unpaired) electrons. The van der Waals surface area contributed by atoms with Gasteiger partial charge in [-0.2, -0.15) is 9.90 Å². The summed E-state index contributed by atoms with van der Waals surface area (Å²) in [4.78, 5) is 32.6. The maximum atomic E-state index is 11.5. The van der Waals surface area contributed by atoms with E-state index in [4.69, 9.17) is 5.11 Å². The van der Waals surface area contributed by atoms with Crippen molar-refractivity contribution in [3.05, 3.63) is 25.7 Å². The number of hydrogen-bond donors (Lipinski definition) is 1. The van der Waals surface area contributed by atoms with Gasteiger partial charge in [0.05, 0.1) is 0 Å². The Hall–Kier alpha value is -0.528. The summed E-state index contributed by atoms with van der Waals surface area (Å²) in [5, 5.41) is 9.02. The molecule has 1 saturated carbocycles. The van der Waals surface area contributed by atoms with Crippen molar-refractivity contribution in [3.63, 3.8) is 0 Å². The standard InChI is InChI=1S/C10H14O4.C3H5.H2N.H3P.Pd/c11-7-2-1-5-10(9(13)14)6-3-4-8(10)12;1-3-2;;;/h7H,1-6H2,(H,13,14);3H,1-2H2;1H2;1H3;/q;2*-1;;+2. The Morgan fingerprint density at radius 3 is 2.30 bits per heavy atom. The molecule has 20 heavy (non-hydrogen) atoms. The summed E-state index contributed by atoms with van der Waals surface area (Å²) in [7, 11) is 0. The van der Waals surface area contributed by atoms with Crippen molar-refractivity contribution in [1.29, 1.82) is 0 Å². The molecular formula is C13H24NO4PPd. The van der Waals surface area contributed by atoms with Crippen LogP contribution in [0.5, 0.6) is 0 Å². The minimum Gasteiger partial charge on any atom is -0.693 e. The van der Waals surface area contributed by atoms with E-state index < -0.39 is 11.4 Å². The van der Waals surface area contributed by atoms with E-state index in [1.165, 1.54) is 6.08 Å². The summed E-state index contributed by atoms with van der Waals surface area (Å²) >= 11 is 0. The topological polar surface area (TPSA) is 105 Å². The zero-order valence-electron chi connectivity index (χ0n) is 11.6. The smallest absolute Gasteiger partial charge is 0.693 e. The number of Topliss-reactive ketones (excluding diaryl/α,β-unsaturated/α-hetero) is 1. The van der Waals surface area contributed by atoms with Crippen molar-refractivity contribution in [2.45, 2.75) is 38.5 Å². The average Bonchev–Trinajstić information content (AvgIpc) is 2.63. The van der Waals surface area contributed by atoms with E-state index in [0.717, 1.165) is 6.29 Å². The second-order valence-electron chi connectivity index (χ2n) is 4.01. The summed E-state index contributed by atoms with van der Waals surface area (Å²) in [6, 6.07) is 0. The van der Waals surface area contributed by atoms with E-state index in [9.17, 15) is 14.4 Å². The number of allylic oxidation sites excluding steroid dienone is 1. The molecule has 7 heteroatoms. The first kappa shape index (κ1) is 27.8. The normalized spacial score (nSPS) is 19.1. The van der Waals surface area contributed by atoms with Crippen LogP contribution < -0.4 is 0 Å². The molecule has 1 rings (SSSR count). The molecule has 2 atom stereocenters. The Bertz CT molecular complexity index is 313. The van der Waals surface area contributed by atoms with Gasteiger partial charge < -0.3 is 16.1 Å². The van der Waals surface area contributed by atoms with Crippen molar-refractivity contribution in [2.24, 2.45) is 5.41 Å². The van der Waals surface area contributed by atoms with Crippen LogP contribution in [-0.4, -0.2) is 23.1 Å². The second-order valence-corrected chi connectivity index (χ2v) is 4.01. The summed E-state index contributed by atoms with van der Waals surface area (Å²) in [5.74, 6) is -1.19. The Morgan fingerprint density at radius 2 is 2.00 bits per heavy atom. The maximum absolute atomic E-state index is 11.5. The molecule has 1 aliphatic rings. The fourth-order valence-corrected chi connectivity index (χ4v) is 2.01. The summed E-state index contributed by atoms with van der Waals surface area (Å²) in [5.41, 5.74) is -1.18. The van der Waals surface area contributed by atoms with Crippen LogP contribution in [0.1, 0.15) is 38.5 Å². The number of carbonyl (C=O) groups is 3. The van der Waals surface area contributed by atoms with Gasteiger partial charge in [0.2, 0.25) is 0 Å². The predicted molar refractivity (Wildman–Crippen MR) is 80.8 cm³/mol.